The van der Waals surface area contributed by atoms with Crippen molar-refractivity contribution >= 4 is 39.3 Å². The molecule has 0 N–H and O–H groups in total. The van der Waals surface area contributed by atoms with Gasteiger partial charge in [-0.1, -0.05) is 36.4 Å². The second kappa shape index (κ2) is 8.91. The van der Waals surface area contributed by atoms with E-state index in [0.29, 0.717) is 11.8 Å². The monoisotopic (exact) mass is 443 g/mol. The Bertz CT molecular complexity index is 1140. The number of thiophene rings is 1. The highest BCUT2D eigenvalue weighted by atomic mass is 32.2. The van der Waals surface area contributed by atoms with Gasteiger partial charge in [0.2, 0.25) is 0 Å². The highest BCUT2D eigenvalue weighted by Gasteiger charge is 2.25. The molecular weight excluding hydrogens is 418 g/mol. The average Bonchev–Trinajstić information content (AvgIpc) is 3.11. The molecule has 3 aromatic rings. The number of ether oxygens (including phenoxy) is 1. The van der Waals surface area contributed by atoms with Crippen molar-refractivity contribution < 1.29 is 9.53 Å². The number of carbonyl (C=O) groups excluding carboxylic acids is 1. The van der Waals surface area contributed by atoms with E-state index in [4.69, 9.17) is 9.72 Å². The second-order valence-electron chi connectivity index (χ2n) is 7.27. The van der Waals surface area contributed by atoms with Crippen molar-refractivity contribution in [2.24, 2.45) is 0 Å². The second-order valence-corrected chi connectivity index (χ2v) is 9.29. The molecule has 1 aliphatic heterocycles. The highest BCUT2D eigenvalue weighted by Crippen LogP contribution is 2.34. The standard InChI is InChI=1S/C22H25N3O3S2/c1-4-24-11-10-16-17(12-24)30-20-19(16)21(27)25(15-8-6-14(3)7-9-15)22(23-20)29-13-18(26)28-5-2/h6-9H,4-5,10-13H2,1-3H3. The smallest absolute Gasteiger partial charge is 0.316 e. The van der Waals surface area contributed by atoms with Crippen LogP contribution in [-0.4, -0.2) is 45.9 Å². The fourth-order valence-electron chi connectivity index (χ4n) is 3.69. The number of carbonyl (C=O) groups is 1. The van der Waals surface area contributed by atoms with E-state index in [-0.39, 0.29) is 17.3 Å². The molecule has 8 heteroatoms. The molecule has 0 spiro atoms. The van der Waals surface area contributed by atoms with Crippen LogP contribution in [0.5, 0.6) is 0 Å². The lowest BCUT2D eigenvalue weighted by Gasteiger charge is -2.25. The number of hydrogen-bond donors (Lipinski definition) is 0. The Labute approximate surface area is 183 Å². The normalized spacial score (nSPS) is 14.1. The molecule has 3 heterocycles. The Morgan fingerprint density at radius 1 is 1.27 bits per heavy atom. The quantitative estimate of drug-likeness (QED) is 0.328. The third kappa shape index (κ3) is 4.04. The molecule has 30 heavy (non-hydrogen) atoms. The molecule has 0 radical (unpaired) electrons. The lowest BCUT2D eigenvalue weighted by atomic mass is 10.1. The SMILES string of the molecule is CCOC(=O)CSc1nc2sc3c(c2c(=O)n1-c1ccc(C)cc1)CCN(CC)C3. The fraction of sp³-hybridized carbons (Fsp3) is 0.409. The van der Waals surface area contributed by atoms with Gasteiger partial charge in [0.25, 0.3) is 5.56 Å². The molecule has 158 valence electrons. The summed E-state index contributed by atoms with van der Waals surface area (Å²) in [5, 5.41) is 1.25. The molecule has 4 rings (SSSR count). The number of aryl methyl sites for hydroxylation is 1. The van der Waals surface area contributed by atoms with Crippen LogP contribution in [0.15, 0.2) is 34.2 Å². The number of esters is 1. The largest absolute Gasteiger partial charge is 0.465 e. The van der Waals surface area contributed by atoms with Crippen LogP contribution >= 0.6 is 23.1 Å². The Hall–Kier alpha value is -2.16. The highest BCUT2D eigenvalue weighted by molar-refractivity contribution is 7.99. The zero-order valence-electron chi connectivity index (χ0n) is 17.4. The molecule has 0 bridgehead atoms. The van der Waals surface area contributed by atoms with Crippen molar-refractivity contribution in [2.75, 3.05) is 25.4 Å². The Balaban J connectivity index is 1.85. The van der Waals surface area contributed by atoms with Gasteiger partial charge >= 0.3 is 5.97 Å². The van der Waals surface area contributed by atoms with E-state index in [9.17, 15) is 9.59 Å². The predicted molar refractivity (Wildman–Crippen MR) is 122 cm³/mol. The van der Waals surface area contributed by atoms with Crippen LogP contribution in [0.4, 0.5) is 0 Å². The number of benzene rings is 1. The van der Waals surface area contributed by atoms with Gasteiger partial charge < -0.3 is 4.74 Å². The predicted octanol–water partition coefficient (Wildman–Crippen LogP) is 3.79. The summed E-state index contributed by atoms with van der Waals surface area (Å²) in [6.45, 7) is 9.10. The summed E-state index contributed by atoms with van der Waals surface area (Å²) in [5.74, 6) is -0.192. The van der Waals surface area contributed by atoms with Crippen molar-refractivity contribution in [1.29, 1.82) is 0 Å². The van der Waals surface area contributed by atoms with Crippen molar-refractivity contribution in [2.45, 2.75) is 38.9 Å². The average molecular weight is 444 g/mol. The molecular formula is C22H25N3O3S2. The van der Waals surface area contributed by atoms with Gasteiger partial charge in [0.15, 0.2) is 5.16 Å². The summed E-state index contributed by atoms with van der Waals surface area (Å²) in [6, 6.07) is 7.81. The molecule has 2 aromatic heterocycles. The molecule has 1 aromatic carbocycles. The van der Waals surface area contributed by atoms with E-state index >= 15 is 0 Å². The summed E-state index contributed by atoms with van der Waals surface area (Å²) in [5.41, 5.74) is 2.96. The molecule has 0 aliphatic carbocycles. The molecule has 0 saturated heterocycles. The minimum absolute atomic E-state index is 0.0577. The maximum atomic E-state index is 13.7. The van der Waals surface area contributed by atoms with Gasteiger partial charge in [-0.25, -0.2) is 4.98 Å². The van der Waals surface area contributed by atoms with Gasteiger partial charge in [0.1, 0.15) is 4.83 Å². The first kappa shape index (κ1) is 21.1. The third-order valence-corrected chi connectivity index (χ3v) is 7.31. The Morgan fingerprint density at radius 3 is 2.73 bits per heavy atom. The number of fused-ring (bicyclic) bond motifs is 3. The van der Waals surface area contributed by atoms with E-state index < -0.39 is 0 Å². The number of hydrogen-bond acceptors (Lipinski definition) is 7. The van der Waals surface area contributed by atoms with Crippen LogP contribution in [-0.2, 0) is 22.5 Å². The number of nitrogens with zero attached hydrogens (tertiary/aromatic N) is 3. The summed E-state index contributed by atoms with van der Waals surface area (Å²) in [4.78, 5) is 34.8. The lowest BCUT2D eigenvalue weighted by Crippen LogP contribution is -2.30. The first-order valence-electron chi connectivity index (χ1n) is 10.2. The molecule has 0 atom stereocenters. The van der Waals surface area contributed by atoms with E-state index in [2.05, 4.69) is 11.8 Å². The minimum Gasteiger partial charge on any atom is -0.465 e. The molecule has 0 amide bonds. The first-order valence-corrected chi connectivity index (χ1v) is 12.0. The molecule has 0 saturated carbocycles. The molecule has 0 unspecified atom stereocenters. The maximum absolute atomic E-state index is 13.7. The van der Waals surface area contributed by atoms with Crippen LogP contribution in [0.3, 0.4) is 0 Å². The molecule has 6 nitrogen and oxygen atoms in total. The minimum atomic E-state index is -0.309. The van der Waals surface area contributed by atoms with Crippen LogP contribution in [0.25, 0.3) is 15.9 Å². The summed E-state index contributed by atoms with van der Waals surface area (Å²) >= 11 is 2.85. The summed E-state index contributed by atoms with van der Waals surface area (Å²) in [7, 11) is 0. The summed E-state index contributed by atoms with van der Waals surface area (Å²) in [6.07, 6.45) is 0.864. The van der Waals surface area contributed by atoms with Crippen molar-refractivity contribution in [3.8, 4) is 5.69 Å². The van der Waals surface area contributed by atoms with E-state index in [1.807, 2.05) is 31.2 Å². The van der Waals surface area contributed by atoms with Gasteiger partial charge in [-0.05, 0) is 44.5 Å². The number of aromatic nitrogens is 2. The van der Waals surface area contributed by atoms with Gasteiger partial charge in [-0.15, -0.1) is 11.3 Å². The molecule has 1 aliphatic rings. The number of likely N-dealkylation sites (N-methyl/N-ethyl adjacent to an activating group) is 1. The number of rotatable bonds is 6. The topological polar surface area (TPSA) is 64.4 Å². The Morgan fingerprint density at radius 2 is 2.03 bits per heavy atom. The summed E-state index contributed by atoms with van der Waals surface area (Å²) < 4.78 is 6.70. The van der Waals surface area contributed by atoms with Gasteiger partial charge in [0, 0.05) is 18.0 Å². The van der Waals surface area contributed by atoms with E-state index in [0.717, 1.165) is 53.1 Å². The number of thioether (sulfide) groups is 1. The van der Waals surface area contributed by atoms with Crippen LogP contribution in [0, 0.1) is 6.92 Å². The maximum Gasteiger partial charge on any atom is 0.316 e. The van der Waals surface area contributed by atoms with Crippen LogP contribution in [0.2, 0.25) is 0 Å². The third-order valence-electron chi connectivity index (χ3n) is 5.29. The van der Waals surface area contributed by atoms with Gasteiger partial charge in [-0.3, -0.25) is 19.1 Å². The molecule has 0 fully saturated rings. The zero-order valence-corrected chi connectivity index (χ0v) is 19.1. The van der Waals surface area contributed by atoms with Gasteiger partial charge in [0.05, 0.1) is 23.4 Å². The zero-order chi connectivity index (χ0) is 21.3. The lowest BCUT2D eigenvalue weighted by molar-refractivity contribution is -0.139. The Kier molecular flexibility index (Phi) is 6.26. The van der Waals surface area contributed by atoms with Crippen LogP contribution < -0.4 is 5.56 Å². The first-order chi connectivity index (χ1) is 14.5. The van der Waals surface area contributed by atoms with Gasteiger partial charge in [-0.2, -0.15) is 0 Å². The van der Waals surface area contributed by atoms with E-state index in [1.54, 1.807) is 22.8 Å². The fourth-order valence-corrected chi connectivity index (χ4v) is 5.81. The van der Waals surface area contributed by atoms with Crippen molar-refractivity contribution in [3.63, 3.8) is 0 Å². The van der Waals surface area contributed by atoms with Crippen molar-refractivity contribution in [1.82, 2.24) is 14.5 Å². The van der Waals surface area contributed by atoms with Crippen molar-refractivity contribution in [3.05, 3.63) is 50.6 Å². The van der Waals surface area contributed by atoms with E-state index in [1.165, 1.54) is 16.6 Å². The van der Waals surface area contributed by atoms with Crippen LogP contribution in [0.1, 0.15) is 29.9 Å².